The third kappa shape index (κ3) is 8.80. The van der Waals surface area contributed by atoms with E-state index in [0.29, 0.717) is 12.2 Å². The van der Waals surface area contributed by atoms with Crippen LogP contribution < -0.4 is 27.4 Å². The number of amides is 4. The Morgan fingerprint density at radius 2 is 1.60 bits per heavy atom. The van der Waals surface area contributed by atoms with Crippen molar-refractivity contribution in [2.24, 2.45) is 11.5 Å². The van der Waals surface area contributed by atoms with Gasteiger partial charge in [-0.3, -0.25) is 19.2 Å². The molecule has 0 saturated heterocycles. The maximum absolute atomic E-state index is 12.8. The highest BCUT2D eigenvalue weighted by molar-refractivity contribution is 7.98. The van der Waals surface area contributed by atoms with E-state index >= 15 is 0 Å². The average molecular weight is 440 g/mol. The van der Waals surface area contributed by atoms with Crippen LogP contribution in [-0.2, 0) is 25.6 Å². The van der Waals surface area contributed by atoms with Crippen molar-refractivity contribution < 1.29 is 24.3 Å². The number of hydrogen-bond donors (Lipinski definition) is 6. The summed E-state index contributed by atoms with van der Waals surface area (Å²) in [6.07, 6.45) is 2.35. The molecule has 0 aromatic heterocycles. The highest BCUT2D eigenvalue weighted by atomic mass is 32.2. The van der Waals surface area contributed by atoms with E-state index in [1.165, 1.54) is 11.8 Å². The molecule has 1 rings (SSSR count). The molecule has 3 atom stereocenters. The van der Waals surface area contributed by atoms with Gasteiger partial charge in [-0.05, 0) is 24.0 Å². The van der Waals surface area contributed by atoms with Gasteiger partial charge < -0.3 is 32.5 Å². The summed E-state index contributed by atoms with van der Waals surface area (Å²) in [5, 5.41) is 16.8. The fourth-order valence-corrected chi connectivity index (χ4v) is 3.04. The van der Waals surface area contributed by atoms with Gasteiger partial charge in [-0.2, -0.15) is 11.8 Å². The van der Waals surface area contributed by atoms with Gasteiger partial charge in [0.1, 0.15) is 18.1 Å². The van der Waals surface area contributed by atoms with Gasteiger partial charge in [0.25, 0.3) is 0 Å². The van der Waals surface area contributed by atoms with Crippen molar-refractivity contribution >= 4 is 35.4 Å². The highest BCUT2D eigenvalue weighted by Gasteiger charge is 2.28. The van der Waals surface area contributed by atoms with Crippen molar-refractivity contribution in [3.8, 4) is 0 Å². The van der Waals surface area contributed by atoms with Gasteiger partial charge >= 0.3 is 0 Å². The number of nitrogens with two attached hydrogens (primary N) is 2. The van der Waals surface area contributed by atoms with Gasteiger partial charge in [-0.15, -0.1) is 0 Å². The van der Waals surface area contributed by atoms with Gasteiger partial charge in [0.05, 0.1) is 13.2 Å². The molecule has 0 spiro atoms. The Labute approximate surface area is 179 Å². The number of primary amides is 1. The molecule has 0 aliphatic heterocycles. The quantitative estimate of drug-likeness (QED) is 0.203. The molecule has 166 valence electrons. The maximum atomic E-state index is 12.8. The predicted molar refractivity (Wildman–Crippen MR) is 114 cm³/mol. The van der Waals surface area contributed by atoms with Crippen LogP contribution in [0.3, 0.4) is 0 Å². The first kappa shape index (κ1) is 25.4. The summed E-state index contributed by atoms with van der Waals surface area (Å²) in [7, 11) is 0. The van der Waals surface area contributed by atoms with Crippen molar-refractivity contribution in [2.45, 2.75) is 31.0 Å². The molecule has 0 saturated carbocycles. The number of thioether (sulfide) groups is 1. The fraction of sp³-hybridized carbons (Fsp3) is 0.474. The molecule has 0 heterocycles. The molecule has 1 aromatic carbocycles. The number of nitrogens with one attached hydrogen (secondary N) is 3. The van der Waals surface area contributed by atoms with E-state index < -0.39 is 48.4 Å². The SMILES string of the molecule is CSCC[C@H](NC(=O)[C@H](Cc1ccccc1)NC(=O)[C@H](CO)NC(=O)CN)C(N)=O. The molecule has 0 radical (unpaired) electrons. The van der Waals surface area contributed by atoms with E-state index in [0.717, 1.165) is 5.56 Å². The lowest BCUT2D eigenvalue weighted by molar-refractivity contribution is -0.133. The normalized spacial score (nSPS) is 13.6. The number of carbonyl (C=O) groups excluding carboxylic acids is 4. The molecule has 11 heteroatoms. The Balaban J connectivity index is 2.97. The molecule has 8 N–H and O–H groups in total. The summed E-state index contributed by atoms with van der Waals surface area (Å²) in [5.74, 6) is -2.04. The topological polar surface area (TPSA) is 177 Å². The standard InChI is InChI=1S/C19H29N5O5S/c1-30-8-7-13(17(21)27)23-18(28)14(9-12-5-3-2-4-6-12)24-19(29)15(11-25)22-16(26)10-20/h2-6,13-15,25H,7-11,20H2,1H3,(H2,21,27)(H,22,26)(H,23,28)(H,24,29)/t13-,14-,15-/m0/s1. The van der Waals surface area contributed by atoms with E-state index in [4.69, 9.17) is 11.5 Å². The van der Waals surface area contributed by atoms with Crippen LogP contribution in [-0.4, -0.2) is 72.0 Å². The second kappa shape index (κ2) is 13.6. The van der Waals surface area contributed by atoms with Crippen LogP contribution in [0.1, 0.15) is 12.0 Å². The van der Waals surface area contributed by atoms with Crippen LogP contribution >= 0.6 is 11.8 Å². The Hall–Kier alpha value is -2.63. The number of hydrogen-bond acceptors (Lipinski definition) is 7. The molecule has 0 unspecified atom stereocenters. The zero-order valence-electron chi connectivity index (χ0n) is 16.8. The lowest BCUT2D eigenvalue weighted by atomic mass is 10.0. The molecule has 0 aliphatic rings. The number of aliphatic hydroxyl groups excluding tert-OH is 1. The zero-order valence-corrected chi connectivity index (χ0v) is 17.6. The molecule has 1 aromatic rings. The number of benzene rings is 1. The maximum Gasteiger partial charge on any atom is 0.245 e. The zero-order chi connectivity index (χ0) is 22.5. The number of carbonyl (C=O) groups is 4. The predicted octanol–water partition coefficient (Wildman–Crippen LogP) is -2.13. The Bertz CT molecular complexity index is 719. The minimum absolute atomic E-state index is 0.134. The number of rotatable bonds is 13. The Morgan fingerprint density at radius 3 is 2.13 bits per heavy atom. The highest BCUT2D eigenvalue weighted by Crippen LogP contribution is 2.06. The first-order valence-corrected chi connectivity index (χ1v) is 10.7. The van der Waals surface area contributed by atoms with Gasteiger partial charge in [0.15, 0.2) is 0 Å². The van der Waals surface area contributed by atoms with Crippen molar-refractivity contribution in [1.29, 1.82) is 0 Å². The van der Waals surface area contributed by atoms with Crippen molar-refractivity contribution in [1.82, 2.24) is 16.0 Å². The van der Waals surface area contributed by atoms with Crippen molar-refractivity contribution in [3.63, 3.8) is 0 Å². The average Bonchev–Trinajstić information content (AvgIpc) is 2.74. The van der Waals surface area contributed by atoms with E-state index in [2.05, 4.69) is 16.0 Å². The second-order valence-corrected chi connectivity index (χ2v) is 7.49. The smallest absolute Gasteiger partial charge is 0.245 e. The minimum atomic E-state index is -1.27. The second-order valence-electron chi connectivity index (χ2n) is 6.50. The monoisotopic (exact) mass is 439 g/mol. The lowest BCUT2D eigenvalue weighted by Gasteiger charge is -2.24. The third-order valence-electron chi connectivity index (χ3n) is 4.21. The van der Waals surface area contributed by atoms with Crippen molar-refractivity contribution in [2.75, 3.05) is 25.2 Å². The summed E-state index contributed by atoms with van der Waals surface area (Å²) in [6, 6.07) is 5.74. The summed E-state index contributed by atoms with van der Waals surface area (Å²) in [4.78, 5) is 48.5. The summed E-state index contributed by atoms with van der Waals surface area (Å²) < 4.78 is 0. The first-order chi connectivity index (χ1) is 14.3. The molecule has 10 nitrogen and oxygen atoms in total. The Morgan fingerprint density at radius 1 is 1.00 bits per heavy atom. The van der Waals surface area contributed by atoms with Crippen LogP contribution in [0.25, 0.3) is 0 Å². The summed E-state index contributed by atoms with van der Waals surface area (Å²) in [5.41, 5.74) is 11.4. The van der Waals surface area contributed by atoms with Crippen LogP contribution in [0, 0.1) is 0 Å². The molecular weight excluding hydrogens is 410 g/mol. The third-order valence-corrected chi connectivity index (χ3v) is 4.85. The first-order valence-electron chi connectivity index (χ1n) is 9.35. The summed E-state index contributed by atoms with van der Waals surface area (Å²) >= 11 is 1.50. The number of aliphatic hydroxyl groups is 1. The largest absolute Gasteiger partial charge is 0.394 e. The van der Waals surface area contributed by atoms with Crippen LogP contribution in [0.2, 0.25) is 0 Å². The molecule has 0 aliphatic carbocycles. The van der Waals surface area contributed by atoms with Gasteiger partial charge in [0.2, 0.25) is 23.6 Å². The van der Waals surface area contributed by atoms with Crippen LogP contribution in [0.4, 0.5) is 0 Å². The van der Waals surface area contributed by atoms with Gasteiger partial charge in [0, 0.05) is 6.42 Å². The molecule has 0 bridgehead atoms. The van der Waals surface area contributed by atoms with Crippen LogP contribution in [0.15, 0.2) is 30.3 Å². The molecule has 0 fully saturated rings. The molecule has 30 heavy (non-hydrogen) atoms. The van der Waals surface area contributed by atoms with Crippen LogP contribution in [0.5, 0.6) is 0 Å². The molecular formula is C19H29N5O5S. The lowest BCUT2D eigenvalue weighted by Crippen LogP contribution is -2.58. The minimum Gasteiger partial charge on any atom is -0.394 e. The van der Waals surface area contributed by atoms with Crippen molar-refractivity contribution in [3.05, 3.63) is 35.9 Å². The van der Waals surface area contributed by atoms with E-state index in [1.807, 2.05) is 12.3 Å². The van der Waals surface area contributed by atoms with E-state index in [9.17, 15) is 24.3 Å². The Kier molecular flexibility index (Phi) is 11.5. The van der Waals surface area contributed by atoms with Gasteiger partial charge in [-0.1, -0.05) is 30.3 Å². The van der Waals surface area contributed by atoms with E-state index in [1.54, 1.807) is 24.3 Å². The van der Waals surface area contributed by atoms with Gasteiger partial charge in [-0.25, -0.2) is 0 Å². The molecule has 4 amide bonds. The summed E-state index contributed by atoms with van der Waals surface area (Å²) in [6.45, 7) is -1.03. The van der Waals surface area contributed by atoms with E-state index in [-0.39, 0.29) is 13.0 Å². The fourth-order valence-electron chi connectivity index (χ4n) is 2.57.